The number of carboxylic acid groups (broad SMARTS) is 1. The van der Waals surface area contributed by atoms with E-state index in [1.165, 1.54) is 12.1 Å². The van der Waals surface area contributed by atoms with Crippen molar-refractivity contribution in [1.82, 2.24) is 16.0 Å². The molecule has 4 amide bonds. The Morgan fingerprint density at radius 3 is 2.05 bits per heavy atom. The number of nitrogens with two attached hydrogens (primary N) is 4. The van der Waals surface area contributed by atoms with E-state index in [9.17, 15) is 34.2 Å². The van der Waals surface area contributed by atoms with E-state index in [4.69, 9.17) is 22.9 Å². The minimum atomic E-state index is -1.58. The molecule has 15 nitrogen and oxygen atoms in total. The Balaban J connectivity index is 3.07. The number of hydrogen-bond donors (Lipinski definition) is 9. The van der Waals surface area contributed by atoms with Crippen LogP contribution in [0.2, 0.25) is 0 Å². The van der Waals surface area contributed by atoms with Crippen molar-refractivity contribution < 1.29 is 34.2 Å². The number of benzene rings is 1. The predicted molar refractivity (Wildman–Crippen MR) is 146 cm³/mol. The third kappa shape index (κ3) is 12.0. The Hall–Kier alpha value is -4.40. The highest BCUT2D eigenvalue weighted by Crippen LogP contribution is 2.12. The number of aliphatic imine (C=N–C) groups is 1. The molecule has 5 atom stereocenters. The van der Waals surface area contributed by atoms with Crippen LogP contribution in [-0.4, -0.2) is 76.5 Å². The number of phenols is 1. The molecular formula is C25H40N8O7. The zero-order valence-corrected chi connectivity index (χ0v) is 22.6. The summed E-state index contributed by atoms with van der Waals surface area (Å²) in [5.74, 6) is -5.09. The van der Waals surface area contributed by atoms with Crippen molar-refractivity contribution in [3.63, 3.8) is 0 Å². The fourth-order valence-corrected chi connectivity index (χ4v) is 3.65. The van der Waals surface area contributed by atoms with E-state index < -0.39 is 66.1 Å². The summed E-state index contributed by atoms with van der Waals surface area (Å²) >= 11 is 0. The van der Waals surface area contributed by atoms with Crippen LogP contribution in [0, 0.1) is 5.92 Å². The monoisotopic (exact) mass is 564 g/mol. The number of carboxylic acids is 1. The maximum atomic E-state index is 13.3. The molecule has 0 aliphatic heterocycles. The van der Waals surface area contributed by atoms with Crippen LogP contribution < -0.4 is 38.9 Å². The minimum Gasteiger partial charge on any atom is -0.508 e. The van der Waals surface area contributed by atoms with Crippen LogP contribution in [-0.2, 0) is 30.4 Å². The summed E-state index contributed by atoms with van der Waals surface area (Å²) in [5.41, 5.74) is 22.5. The molecule has 1 aromatic carbocycles. The molecule has 222 valence electrons. The molecule has 0 saturated carbocycles. The van der Waals surface area contributed by atoms with Crippen molar-refractivity contribution in [1.29, 1.82) is 0 Å². The number of nitrogens with zero attached hydrogens (tertiary/aromatic N) is 1. The molecule has 5 unspecified atom stereocenters. The van der Waals surface area contributed by atoms with E-state index in [2.05, 4.69) is 20.9 Å². The number of nitrogens with one attached hydrogen (secondary N) is 3. The summed E-state index contributed by atoms with van der Waals surface area (Å²) in [5, 5.41) is 26.2. The average Bonchev–Trinajstić information content (AvgIpc) is 2.88. The van der Waals surface area contributed by atoms with Crippen LogP contribution in [0.3, 0.4) is 0 Å². The molecule has 0 bridgehead atoms. The van der Waals surface area contributed by atoms with Crippen LogP contribution in [0.4, 0.5) is 0 Å². The van der Waals surface area contributed by atoms with E-state index in [-0.39, 0.29) is 31.1 Å². The van der Waals surface area contributed by atoms with Gasteiger partial charge in [-0.1, -0.05) is 32.4 Å². The number of carbonyl (C=O) groups is 5. The Morgan fingerprint density at radius 1 is 0.925 bits per heavy atom. The maximum Gasteiger partial charge on any atom is 0.326 e. The van der Waals surface area contributed by atoms with Crippen molar-refractivity contribution in [2.24, 2.45) is 33.8 Å². The highest BCUT2D eigenvalue weighted by Gasteiger charge is 2.33. The standard InChI is InChI=1S/C25H40N8O7/c1-3-13(2)20(23(38)32-18(24(39)40)12-19(27)35)33-22(37)17(5-4-10-30-25(28)29)31-21(36)16(26)11-14-6-8-15(34)9-7-14/h6-9,13,16-18,20,34H,3-5,10-12,26H2,1-2H3,(H2,27,35)(H,31,36)(H,32,38)(H,33,37)(H,39,40)(H4,28,29,30). The van der Waals surface area contributed by atoms with Crippen molar-refractivity contribution >= 4 is 35.6 Å². The number of primary amides is 1. The van der Waals surface area contributed by atoms with Crippen LogP contribution in [0.15, 0.2) is 29.3 Å². The second-order valence-corrected chi connectivity index (χ2v) is 9.43. The van der Waals surface area contributed by atoms with Gasteiger partial charge in [0, 0.05) is 6.54 Å². The zero-order chi connectivity index (χ0) is 30.4. The summed E-state index contributed by atoms with van der Waals surface area (Å²) in [4.78, 5) is 65.7. The van der Waals surface area contributed by atoms with Gasteiger partial charge in [-0.05, 0) is 42.9 Å². The topological polar surface area (TPSA) is 278 Å². The Bertz CT molecular complexity index is 1060. The van der Waals surface area contributed by atoms with E-state index in [1.54, 1.807) is 26.0 Å². The van der Waals surface area contributed by atoms with Gasteiger partial charge < -0.3 is 49.1 Å². The molecule has 0 saturated heterocycles. The normalized spacial score (nSPS) is 14.5. The molecule has 0 aliphatic carbocycles. The van der Waals surface area contributed by atoms with Crippen molar-refractivity contribution in [3.8, 4) is 5.75 Å². The van der Waals surface area contributed by atoms with Gasteiger partial charge in [-0.3, -0.25) is 24.2 Å². The first-order chi connectivity index (χ1) is 18.7. The van der Waals surface area contributed by atoms with Gasteiger partial charge in [-0.15, -0.1) is 0 Å². The van der Waals surface area contributed by atoms with E-state index in [0.29, 0.717) is 18.4 Å². The van der Waals surface area contributed by atoms with E-state index in [1.807, 2.05) is 0 Å². The molecule has 0 aliphatic rings. The molecule has 0 fully saturated rings. The molecule has 15 heteroatoms. The number of hydrogen-bond acceptors (Lipinski definition) is 8. The molecule has 40 heavy (non-hydrogen) atoms. The zero-order valence-electron chi connectivity index (χ0n) is 22.6. The van der Waals surface area contributed by atoms with Gasteiger partial charge in [0.15, 0.2) is 5.96 Å². The first-order valence-corrected chi connectivity index (χ1v) is 12.8. The SMILES string of the molecule is CCC(C)C(NC(=O)C(CCCN=C(N)N)NC(=O)C(N)Cc1ccc(O)cc1)C(=O)NC(CC(N)=O)C(=O)O. The molecule has 1 rings (SSSR count). The molecule has 0 radical (unpaired) electrons. The van der Waals surface area contributed by atoms with Crippen LogP contribution in [0.25, 0.3) is 0 Å². The number of phenolic OH excluding ortho intramolecular Hbond substituents is 1. The third-order valence-electron chi connectivity index (χ3n) is 6.12. The van der Waals surface area contributed by atoms with Crippen molar-refractivity contribution in [2.45, 2.75) is 70.1 Å². The van der Waals surface area contributed by atoms with Crippen LogP contribution >= 0.6 is 0 Å². The van der Waals surface area contributed by atoms with Gasteiger partial charge in [-0.2, -0.15) is 0 Å². The summed E-state index contributed by atoms with van der Waals surface area (Å²) in [6.45, 7) is 3.62. The average molecular weight is 565 g/mol. The lowest BCUT2D eigenvalue weighted by Gasteiger charge is -2.28. The second-order valence-electron chi connectivity index (χ2n) is 9.43. The third-order valence-corrected chi connectivity index (χ3v) is 6.12. The summed E-state index contributed by atoms with van der Waals surface area (Å²) in [7, 11) is 0. The summed E-state index contributed by atoms with van der Waals surface area (Å²) < 4.78 is 0. The first kappa shape index (κ1) is 33.6. The number of aromatic hydroxyl groups is 1. The quantitative estimate of drug-likeness (QED) is 0.0558. The number of amides is 4. The maximum absolute atomic E-state index is 13.3. The van der Waals surface area contributed by atoms with Crippen molar-refractivity contribution in [3.05, 3.63) is 29.8 Å². The second kappa shape index (κ2) is 16.5. The first-order valence-electron chi connectivity index (χ1n) is 12.8. The fraction of sp³-hybridized carbons (Fsp3) is 0.520. The minimum absolute atomic E-state index is 0.0588. The molecule has 13 N–H and O–H groups in total. The largest absolute Gasteiger partial charge is 0.508 e. The van der Waals surface area contributed by atoms with E-state index in [0.717, 1.165) is 0 Å². The summed E-state index contributed by atoms with van der Waals surface area (Å²) in [6.07, 6.45) is 0.316. The van der Waals surface area contributed by atoms with Crippen LogP contribution in [0.1, 0.15) is 45.1 Å². The van der Waals surface area contributed by atoms with Crippen molar-refractivity contribution in [2.75, 3.05) is 6.54 Å². The fourth-order valence-electron chi connectivity index (χ4n) is 3.65. The molecule has 0 aromatic heterocycles. The van der Waals surface area contributed by atoms with Gasteiger partial charge in [0.2, 0.25) is 23.6 Å². The lowest BCUT2D eigenvalue weighted by Crippen LogP contribution is -2.59. The molecular weight excluding hydrogens is 524 g/mol. The molecule has 0 spiro atoms. The lowest BCUT2D eigenvalue weighted by molar-refractivity contribution is -0.144. The smallest absolute Gasteiger partial charge is 0.326 e. The van der Waals surface area contributed by atoms with Gasteiger partial charge in [0.25, 0.3) is 0 Å². The lowest BCUT2D eigenvalue weighted by atomic mass is 9.97. The highest BCUT2D eigenvalue weighted by molar-refractivity contribution is 5.95. The van der Waals surface area contributed by atoms with E-state index >= 15 is 0 Å². The predicted octanol–water partition coefficient (Wildman–Crippen LogP) is -2.22. The van der Waals surface area contributed by atoms with Gasteiger partial charge >= 0.3 is 5.97 Å². The number of guanidine groups is 1. The number of rotatable bonds is 17. The van der Waals surface area contributed by atoms with Gasteiger partial charge in [0.05, 0.1) is 12.5 Å². The molecule has 1 aromatic rings. The van der Waals surface area contributed by atoms with Gasteiger partial charge in [0.1, 0.15) is 23.9 Å². The van der Waals surface area contributed by atoms with Crippen LogP contribution in [0.5, 0.6) is 5.75 Å². The number of aliphatic carboxylic acids is 1. The summed E-state index contributed by atoms with van der Waals surface area (Å²) in [6, 6.07) is 1.21. The Labute approximate surface area is 232 Å². The Morgan fingerprint density at radius 2 is 1.52 bits per heavy atom. The highest BCUT2D eigenvalue weighted by atomic mass is 16.4. The Kier molecular flexibility index (Phi) is 13.9. The number of carbonyl (C=O) groups excluding carboxylic acids is 4. The van der Waals surface area contributed by atoms with Gasteiger partial charge in [-0.25, -0.2) is 4.79 Å². The molecule has 0 heterocycles.